The lowest BCUT2D eigenvalue weighted by Gasteiger charge is -2.25. The zero-order valence-electron chi connectivity index (χ0n) is 13.9. The van der Waals surface area contributed by atoms with Crippen molar-refractivity contribution in [3.63, 3.8) is 0 Å². The van der Waals surface area contributed by atoms with Gasteiger partial charge in [-0.2, -0.15) is 5.10 Å². The van der Waals surface area contributed by atoms with Crippen LogP contribution in [-0.2, 0) is 12.8 Å². The third-order valence-electron chi connectivity index (χ3n) is 4.34. The van der Waals surface area contributed by atoms with Gasteiger partial charge < -0.3 is 0 Å². The van der Waals surface area contributed by atoms with Gasteiger partial charge in [-0.3, -0.25) is 10.3 Å². The van der Waals surface area contributed by atoms with Gasteiger partial charge in [0.05, 0.1) is 0 Å². The Morgan fingerprint density at radius 3 is 2.65 bits per heavy atom. The van der Waals surface area contributed by atoms with E-state index in [0.717, 1.165) is 29.9 Å². The average molecular weight is 325 g/mol. The van der Waals surface area contributed by atoms with Gasteiger partial charge in [-0.25, -0.2) is 0 Å². The number of benzene rings is 2. The van der Waals surface area contributed by atoms with Gasteiger partial charge >= 0.3 is 0 Å². The summed E-state index contributed by atoms with van der Waals surface area (Å²) in [5.74, 6) is 0.920. The summed E-state index contributed by atoms with van der Waals surface area (Å²) in [6.07, 6.45) is 2.07. The standard InChI is InChI=1S/C19H23N3S/c1-4-14-7-6-8-16(12-14)18-20-21-19(23)22(18)17-10-9-15(5-2)13(3)11-17/h6-12,19,21,23H,4-5H2,1-3H3. The maximum absolute atomic E-state index is 4.64. The summed E-state index contributed by atoms with van der Waals surface area (Å²) >= 11 is 4.64. The number of anilines is 1. The maximum Gasteiger partial charge on any atom is 0.166 e. The molecular weight excluding hydrogens is 302 g/mol. The number of amidine groups is 1. The maximum atomic E-state index is 4.64. The molecule has 0 fully saturated rings. The molecule has 0 bridgehead atoms. The first-order chi connectivity index (χ1) is 11.1. The van der Waals surface area contributed by atoms with E-state index in [4.69, 9.17) is 0 Å². The smallest absolute Gasteiger partial charge is 0.166 e. The minimum absolute atomic E-state index is 0.151. The Balaban J connectivity index is 1.99. The van der Waals surface area contributed by atoms with Crippen molar-refractivity contribution in [1.29, 1.82) is 0 Å². The van der Waals surface area contributed by atoms with Crippen molar-refractivity contribution in [2.45, 2.75) is 39.1 Å². The normalized spacial score (nSPS) is 17.1. The predicted octanol–water partition coefficient (Wildman–Crippen LogP) is 4.10. The Bertz CT molecular complexity index is 739. The van der Waals surface area contributed by atoms with Gasteiger partial charge in [0.2, 0.25) is 0 Å². The molecule has 2 aromatic rings. The van der Waals surface area contributed by atoms with E-state index in [1.165, 1.54) is 16.7 Å². The second kappa shape index (κ2) is 6.67. The molecule has 0 aromatic heterocycles. The largest absolute Gasteiger partial charge is 0.293 e. The van der Waals surface area contributed by atoms with Crippen LogP contribution in [-0.4, -0.2) is 11.3 Å². The summed E-state index contributed by atoms with van der Waals surface area (Å²) < 4.78 is 0. The summed E-state index contributed by atoms with van der Waals surface area (Å²) in [6, 6.07) is 15.1. The number of aryl methyl sites for hydroxylation is 3. The molecule has 23 heavy (non-hydrogen) atoms. The van der Waals surface area contributed by atoms with Crippen molar-refractivity contribution in [3.8, 4) is 0 Å². The van der Waals surface area contributed by atoms with E-state index in [1.54, 1.807) is 0 Å². The van der Waals surface area contributed by atoms with Crippen molar-refractivity contribution in [2.75, 3.05) is 4.90 Å². The van der Waals surface area contributed by atoms with Crippen LogP contribution >= 0.6 is 12.6 Å². The fourth-order valence-corrected chi connectivity index (χ4v) is 3.27. The summed E-state index contributed by atoms with van der Waals surface area (Å²) in [5.41, 5.74) is 9.15. The molecule has 3 rings (SSSR count). The first-order valence-electron chi connectivity index (χ1n) is 8.13. The summed E-state index contributed by atoms with van der Waals surface area (Å²) in [7, 11) is 0. The second-order valence-corrected chi connectivity index (χ2v) is 6.32. The quantitative estimate of drug-likeness (QED) is 0.828. The Morgan fingerprint density at radius 2 is 1.96 bits per heavy atom. The Morgan fingerprint density at radius 1 is 1.13 bits per heavy atom. The molecule has 2 aromatic carbocycles. The zero-order valence-corrected chi connectivity index (χ0v) is 14.8. The zero-order chi connectivity index (χ0) is 16.4. The highest BCUT2D eigenvalue weighted by Crippen LogP contribution is 2.27. The number of nitrogens with one attached hydrogen (secondary N) is 1. The summed E-state index contributed by atoms with van der Waals surface area (Å²) in [6.45, 7) is 6.51. The molecule has 0 saturated heterocycles. The molecule has 4 heteroatoms. The molecule has 1 N–H and O–H groups in total. The number of rotatable bonds is 4. The molecule has 1 unspecified atom stereocenters. The van der Waals surface area contributed by atoms with E-state index in [-0.39, 0.29) is 5.50 Å². The molecule has 0 amide bonds. The fourth-order valence-electron chi connectivity index (χ4n) is 2.97. The third-order valence-corrected chi connectivity index (χ3v) is 4.68. The lowest BCUT2D eigenvalue weighted by atomic mass is 10.0. The van der Waals surface area contributed by atoms with Gasteiger partial charge in [-0.15, -0.1) is 12.6 Å². The second-order valence-electron chi connectivity index (χ2n) is 5.83. The minimum atomic E-state index is -0.151. The van der Waals surface area contributed by atoms with E-state index >= 15 is 0 Å². The summed E-state index contributed by atoms with van der Waals surface area (Å²) in [5, 5.41) is 4.51. The number of thiol groups is 1. The van der Waals surface area contributed by atoms with Gasteiger partial charge in [0, 0.05) is 11.3 Å². The van der Waals surface area contributed by atoms with Gasteiger partial charge in [0.25, 0.3) is 0 Å². The summed E-state index contributed by atoms with van der Waals surface area (Å²) in [4.78, 5) is 2.14. The van der Waals surface area contributed by atoms with Crippen LogP contribution < -0.4 is 10.3 Å². The molecule has 0 saturated carbocycles. The Hall–Kier alpha value is -1.94. The van der Waals surface area contributed by atoms with Crippen LogP contribution in [0.4, 0.5) is 5.69 Å². The predicted molar refractivity (Wildman–Crippen MR) is 101 cm³/mol. The van der Waals surface area contributed by atoms with Crippen molar-refractivity contribution < 1.29 is 0 Å². The Kier molecular flexibility index (Phi) is 4.62. The molecule has 0 spiro atoms. The highest BCUT2D eigenvalue weighted by atomic mass is 32.1. The van der Waals surface area contributed by atoms with Gasteiger partial charge in [0.15, 0.2) is 11.3 Å². The van der Waals surface area contributed by atoms with Crippen LogP contribution in [0, 0.1) is 6.92 Å². The number of hydrazone groups is 1. The molecule has 120 valence electrons. The van der Waals surface area contributed by atoms with Crippen LogP contribution in [0.5, 0.6) is 0 Å². The SMILES string of the molecule is CCc1cccc(C2=NNC(S)N2c2ccc(CC)c(C)c2)c1. The lowest BCUT2D eigenvalue weighted by molar-refractivity contribution is 0.761. The van der Waals surface area contributed by atoms with Crippen LogP contribution in [0.2, 0.25) is 0 Å². The van der Waals surface area contributed by atoms with Gasteiger partial charge in [-0.05, 0) is 54.7 Å². The lowest BCUT2D eigenvalue weighted by Crippen LogP contribution is -2.36. The molecule has 3 nitrogen and oxygen atoms in total. The first kappa shape index (κ1) is 15.9. The van der Waals surface area contributed by atoms with E-state index in [2.05, 4.69) is 91.3 Å². The molecule has 1 atom stereocenters. The third kappa shape index (κ3) is 3.08. The van der Waals surface area contributed by atoms with E-state index in [9.17, 15) is 0 Å². The van der Waals surface area contributed by atoms with Crippen molar-refractivity contribution in [1.82, 2.24) is 5.43 Å². The molecule has 0 aliphatic carbocycles. The van der Waals surface area contributed by atoms with Crippen LogP contribution in [0.15, 0.2) is 47.6 Å². The molecule has 1 heterocycles. The number of hydrogen-bond donors (Lipinski definition) is 2. The Labute approximate surface area is 143 Å². The molecule has 1 aliphatic rings. The monoisotopic (exact) mass is 325 g/mol. The highest BCUT2D eigenvalue weighted by Gasteiger charge is 2.27. The van der Waals surface area contributed by atoms with E-state index in [0.29, 0.717) is 0 Å². The molecular formula is C19H23N3S. The fraction of sp³-hybridized carbons (Fsp3) is 0.316. The van der Waals surface area contributed by atoms with Crippen molar-refractivity contribution >= 4 is 24.2 Å². The van der Waals surface area contributed by atoms with Crippen molar-refractivity contribution in [2.24, 2.45) is 5.10 Å². The average Bonchev–Trinajstić information content (AvgIpc) is 2.96. The van der Waals surface area contributed by atoms with Crippen molar-refractivity contribution in [3.05, 3.63) is 64.7 Å². The van der Waals surface area contributed by atoms with Crippen LogP contribution in [0.1, 0.15) is 36.1 Å². The van der Waals surface area contributed by atoms with E-state index in [1.807, 2.05) is 0 Å². The first-order valence-corrected chi connectivity index (χ1v) is 8.65. The number of hydrogen-bond acceptors (Lipinski definition) is 4. The minimum Gasteiger partial charge on any atom is -0.293 e. The highest BCUT2D eigenvalue weighted by molar-refractivity contribution is 7.81. The van der Waals surface area contributed by atoms with Crippen LogP contribution in [0.3, 0.4) is 0 Å². The van der Waals surface area contributed by atoms with Gasteiger partial charge in [-0.1, -0.05) is 38.1 Å². The van der Waals surface area contributed by atoms with E-state index < -0.39 is 0 Å². The topological polar surface area (TPSA) is 27.6 Å². The van der Waals surface area contributed by atoms with Crippen LogP contribution in [0.25, 0.3) is 0 Å². The van der Waals surface area contributed by atoms with Gasteiger partial charge in [0.1, 0.15) is 0 Å². The molecule has 1 aliphatic heterocycles. The molecule has 0 radical (unpaired) electrons. The number of nitrogens with zero attached hydrogens (tertiary/aromatic N) is 2.